The third-order valence-electron chi connectivity index (χ3n) is 6.45. The van der Waals surface area contributed by atoms with Crippen molar-refractivity contribution in [3.05, 3.63) is 35.9 Å². The van der Waals surface area contributed by atoms with Crippen LogP contribution in [0.5, 0.6) is 0 Å². The summed E-state index contributed by atoms with van der Waals surface area (Å²) >= 11 is 1.52. The Labute approximate surface area is 261 Å². The lowest BCUT2D eigenvalue weighted by Gasteiger charge is -2.23. The molecule has 0 bridgehead atoms. The van der Waals surface area contributed by atoms with Crippen molar-refractivity contribution in [3.63, 3.8) is 0 Å². The van der Waals surface area contributed by atoms with Crippen molar-refractivity contribution < 1.29 is 39.0 Å². The molecule has 0 aliphatic heterocycles. The van der Waals surface area contributed by atoms with Crippen molar-refractivity contribution in [1.82, 2.24) is 26.6 Å². The van der Waals surface area contributed by atoms with Crippen LogP contribution < -0.4 is 38.1 Å². The van der Waals surface area contributed by atoms with Crippen LogP contribution in [-0.4, -0.2) is 108 Å². The molecule has 11 N–H and O–H groups in total. The number of hydrogen-bond acceptors (Lipinski definition) is 10. The van der Waals surface area contributed by atoms with Crippen LogP contribution >= 0.6 is 11.8 Å². The van der Waals surface area contributed by atoms with Crippen molar-refractivity contribution in [2.45, 2.75) is 69.2 Å². The predicted molar refractivity (Wildman–Crippen MR) is 165 cm³/mol. The second-order valence-electron chi connectivity index (χ2n) is 10.1. The second kappa shape index (κ2) is 21.1. The van der Waals surface area contributed by atoms with Crippen LogP contribution in [0.2, 0.25) is 0 Å². The molecule has 0 fully saturated rings. The number of nitrogens with one attached hydrogen (secondary N) is 5. The first-order valence-corrected chi connectivity index (χ1v) is 15.6. The smallest absolute Gasteiger partial charge is 0.325 e. The molecule has 0 saturated carbocycles. The Balaban J connectivity index is 2.84. The van der Waals surface area contributed by atoms with E-state index in [1.807, 2.05) is 6.26 Å². The Morgan fingerprint density at radius 1 is 0.841 bits per heavy atom. The van der Waals surface area contributed by atoms with Crippen molar-refractivity contribution in [2.24, 2.45) is 11.5 Å². The largest absolute Gasteiger partial charge is 0.480 e. The second-order valence-corrected chi connectivity index (χ2v) is 11.1. The number of rotatable bonds is 21. The monoisotopic (exact) mass is 639 g/mol. The lowest BCUT2D eigenvalue weighted by atomic mass is 10.0. The standard InChI is InChI=1S/C28H45N7O8S/c1-17(28(42)43)32-27(41)21(14-18-8-4-3-5-9-18)33-23(37)15-31-25(39)22(16-36)35-26(40)20(10-6-7-12-29)34-24(38)19(30)11-13-44-2/h3-5,8-9,17,19-22,36H,6-7,10-16,29-30H2,1-2H3,(H,31,39)(H,32,41)(H,33,37)(H,34,38)(H,35,40)(H,42,43)/t17-,19-,20-,21-,22-/m0/s1. The van der Waals surface area contributed by atoms with E-state index in [-0.39, 0.29) is 12.8 Å². The number of aliphatic carboxylic acids is 1. The van der Waals surface area contributed by atoms with E-state index in [2.05, 4.69) is 26.6 Å². The number of carbonyl (C=O) groups excluding carboxylic acids is 5. The molecule has 0 aliphatic rings. The molecule has 0 unspecified atom stereocenters. The van der Waals surface area contributed by atoms with Crippen LogP contribution in [0.4, 0.5) is 0 Å². The minimum Gasteiger partial charge on any atom is -0.480 e. The van der Waals surface area contributed by atoms with Crippen molar-refractivity contribution >= 4 is 47.3 Å². The lowest BCUT2D eigenvalue weighted by molar-refractivity contribution is -0.141. The molecule has 5 atom stereocenters. The van der Waals surface area contributed by atoms with Gasteiger partial charge in [-0.3, -0.25) is 28.8 Å². The van der Waals surface area contributed by atoms with Gasteiger partial charge in [0.15, 0.2) is 0 Å². The molecular formula is C28H45N7O8S. The number of nitrogens with two attached hydrogens (primary N) is 2. The number of aliphatic hydroxyl groups is 1. The fourth-order valence-corrected chi connectivity index (χ4v) is 4.34. The van der Waals surface area contributed by atoms with Crippen LogP contribution in [-0.2, 0) is 35.2 Å². The number of amides is 5. The predicted octanol–water partition coefficient (Wildman–Crippen LogP) is -2.41. The summed E-state index contributed by atoms with van der Waals surface area (Å²) in [6.07, 6.45) is 3.65. The molecule has 1 aromatic rings. The highest BCUT2D eigenvalue weighted by atomic mass is 32.2. The summed E-state index contributed by atoms with van der Waals surface area (Å²) in [5.74, 6) is -4.25. The van der Waals surface area contributed by atoms with Gasteiger partial charge in [0.1, 0.15) is 24.2 Å². The highest BCUT2D eigenvalue weighted by molar-refractivity contribution is 7.98. The molecule has 0 saturated heterocycles. The number of carboxylic acids is 1. The maximum absolute atomic E-state index is 13.0. The van der Waals surface area contributed by atoms with E-state index >= 15 is 0 Å². The molecule has 0 spiro atoms. The molecule has 0 radical (unpaired) electrons. The number of carbonyl (C=O) groups is 6. The fourth-order valence-electron chi connectivity index (χ4n) is 3.85. The molecule has 16 heteroatoms. The van der Waals surface area contributed by atoms with Crippen LogP contribution in [0.1, 0.15) is 38.2 Å². The van der Waals surface area contributed by atoms with Crippen LogP contribution in [0.3, 0.4) is 0 Å². The normalized spacial score (nSPS) is 14.2. The highest BCUT2D eigenvalue weighted by Crippen LogP contribution is 2.06. The maximum Gasteiger partial charge on any atom is 0.325 e. The molecule has 5 amide bonds. The summed E-state index contributed by atoms with van der Waals surface area (Å²) in [6.45, 7) is 0.242. The average Bonchev–Trinajstić information content (AvgIpc) is 3.00. The van der Waals surface area contributed by atoms with E-state index in [0.717, 1.165) is 0 Å². The van der Waals surface area contributed by atoms with Gasteiger partial charge < -0.3 is 48.3 Å². The Kier molecular flexibility index (Phi) is 18.3. The molecule has 1 aromatic carbocycles. The summed E-state index contributed by atoms with van der Waals surface area (Å²) in [5.41, 5.74) is 12.1. The molecule has 246 valence electrons. The zero-order chi connectivity index (χ0) is 33.1. The summed E-state index contributed by atoms with van der Waals surface area (Å²) in [7, 11) is 0. The number of aliphatic hydroxyl groups excluding tert-OH is 1. The summed E-state index contributed by atoms with van der Waals surface area (Å²) in [4.78, 5) is 74.9. The van der Waals surface area contributed by atoms with Gasteiger partial charge in [-0.2, -0.15) is 11.8 Å². The Bertz CT molecular complexity index is 1100. The van der Waals surface area contributed by atoms with Gasteiger partial charge in [-0.1, -0.05) is 30.3 Å². The van der Waals surface area contributed by atoms with Gasteiger partial charge >= 0.3 is 5.97 Å². The number of carboxylic acid groups (broad SMARTS) is 1. The van der Waals surface area contributed by atoms with Crippen LogP contribution in [0.25, 0.3) is 0 Å². The first-order chi connectivity index (χ1) is 20.9. The number of unbranched alkanes of at least 4 members (excludes halogenated alkanes) is 1. The van der Waals surface area contributed by atoms with Gasteiger partial charge in [-0.25, -0.2) is 0 Å². The summed E-state index contributed by atoms with van der Waals surface area (Å²) < 4.78 is 0. The first-order valence-electron chi connectivity index (χ1n) is 14.2. The first kappa shape index (κ1) is 38.3. The van der Waals surface area contributed by atoms with E-state index in [4.69, 9.17) is 16.6 Å². The van der Waals surface area contributed by atoms with E-state index in [1.165, 1.54) is 18.7 Å². The van der Waals surface area contributed by atoms with Gasteiger partial charge in [-0.15, -0.1) is 0 Å². The van der Waals surface area contributed by atoms with E-state index < -0.39 is 78.9 Å². The molecule has 0 heterocycles. The number of hydrogen-bond donors (Lipinski definition) is 9. The summed E-state index contributed by atoms with van der Waals surface area (Å²) in [6, 6.07) is 3.03. The topological polar surface area (TPSA) is 255 Å². The molecule has 1 rings (SSSR count). The van der Waals surface area contributed by atoms with Gasteiger partial charge in [0.25, 0.3) is 0 Å². The maximum atomic E-state index is 13.0. The molecular weight excluding hydrogens is 594 g/mol. The minimum atomic E-state index is -1.45. The number of benzene rings is 1. The van der Waals surface area contributed by atoms with E-state index in [1.54, 1.807) is 30.3 Å². The lowest BCUT2D eigenvalue weighted by Crippen LogP contribution is -2.57. The summed E-state index contributed by atoms with van der Waals surface area (Å²) in [5, 5.41) is 31.0. The molecule has 0 aliphatic carbocycles. The SMILES string of the molecule is CSCC[C@H](N)C(=O)N[C@@H](CCCCN)C(=O)N[C@@H](CO)C(=O)NCC(=O)N[C@@H](Cc1ccccc1)C(=O)N[C@@H](C)C(=O)O. The van der Waals surface area contributed by atoms with Gasteiger partial charge in [0.2, 0.25) is 29.5 Å². The highest BCUT2D eigenvalue weighted by Gasteiger charge is 2.29. The van der Waals surface area contributed by atoms with Crippen LogP contribution in [0.15, 0.2) is 30.3 Å². The van der Waals surface area contributed by atoms with Gasteiger partial charge in [0.05, 0.1) is 19.2 Å². The van der Waals surface area contributed by atoms with Crippen LogP contribution in [0, 0.1) is 0 Å². The number of thioether (sulfide) groups is 1. The zero-order valence-corrected chi connectivity index (χ0v) is 25.9. The quantitative estimate of drug-likeness (QED) is 0.0640. The van der Waals surface area contributed by atoms with Gasteiger partial charge in [-0.05, 0) is 56.7 Å². The molecule has 44 heavy (non-hydrogen) atoms. The van der Waals surface area contributed by atoms with Gasteiger partial charge in [0, 0.05) is 6.42 Å². The molecule has 15 nitrogen and oxygen atoms in total. The Morgan fingerprint density at radius 2 is 1.48 bits per heavy atom. The minimum absolute atomic E-state index is 0.0478. The Morgan fingerprint density at radius 3 is 2.07 bits per heavy atom. The average molecular weight is 640 g/mol. The van der Waals surface area contributed by atoms with Crippen molar-refractivity contribution in [1.29, 1.82) is 0 Å². The van der Waals surface area contributed by atoms with Crippen molar-refractivity contribution in [2.75, 3.05) is 31.7 Å². The van der Waals surface area contributed by atoms with E-state index in [0.29, 0.717) is 37.1 Å². The van der Waals surface area contributed by atoms with E-state index in [9.17, 15) is 33.9 Å². The Hall–Kier alpha value is -3.73. The zero-order valence-electron chi connectivity index (χ0n) is 25.0. The third kappa shape index (κ3) is 14.6. The third-order valence-corrected chi connectivity index (χ3v) is 7.10. The fraction of sp³-hybridized carbons (Fsp3) is 0.571. The molecule has 0 aromatic heterocycles. The van der Waals surface area contributed by atoms with Crippen molar-refractivity contribution in [3.8, 4) is 0 Å².